The van der Waals surface area contributed by atoms with Gasteiger partial charge >= 0.3 is 0 Å². The monoisotopic (exact) mass is 474 g/mol. The fourth-order valence-corrected chi connectivity index (χ4v) is 3.62. The molecule has 1 saturated heterocycles. The molecule has 0 spiro atoms. The van der Waals surface area contributed by atoms with Crippen molar-refractivity contribution in [3.05, 3.63) is 78.5 Å². The Hall–Kier alpha value is -4.15. The van der Waals surface area contributed by atoms with Crippen molar-refractivity contribution in [2.45, 2.75) is 13.2 Å². The van der Waals surface area contributed by atoms with E-state index in [4.69, 9.17) is 20.2 Å². The minimum absolute atomic E-state index is 0.0908. The molecule has 10 heteroatoms. The van der Waals surface area contributed by atoms with Crippen LogP contribution in [0.2, 0.25) is 0 Å². The zero-order valence-corrected chi connectivity index (χ0v) is 18.9. The van der Waals surface area contributed by atoms with E-state index in [1.54, 1.807) is 31.3 Å². The number of nitrogens with one attached hydrogen (secondary N) is 2. The number of carbonyl (C=O) groups is 1. The smallest absolute Gasteiger partial charge is 0.228 e. The molecule has 0 aliphatic carbocycles. The molecule has 1 amide bonds. The van der Waals surface area contributed by atoms with Crippen molar-refractivity contribution in [2.24, 2.45) is 11.1 Å². The van der Waals surface area contributed by atoms with Gasteiger partial charge in [-0.3, -0.25) is 4.79 Å². The van der Waals surface area contributed by atoms with Crippen LogP contribution in [0.15, 0.2) is 66.9 Å². The second-order valence-corrected chi connectivity index (χ2v) is 8.49. The Morgan fingerprint density at radius 1 is 1.09 bits per heavy atom. The largest absolute Gasteiger partial charge is 0.369 e. The van der Waals surface area contributed by atoms with E-state index in [2.05, 4.69) is 20.3 Å². The Morgan fingerprint density at radius 3 is 2.49 bits per heavy atom. The second-order valence-electron chi connectivity index (χ2n) is 8.49. The minimum atomic E-state index is -0.920. The number of hydrogen-bond donors (Lipinski definition) is 3. The summed E-state index contributed by atoms with van der Waals surface area (Å²) in [6, 6.07) is 17.3. The van der Waals surface area contributed by atoms with Crippen LogP contribution in [-0.4, -0.2) is 39.1 Å². The number of primary amides is 1. The SMILES string of the molecule is CC1(C(N)=O)COC(c2nc(-c3ccc(F)cc3)c(-c3ccnc(Nc4ccccc4)n3)[nH]2)OC1. The fraction of sp³-hybridized carbons (Fsp3) is 0.200. The van der Waals surface area contributed by atoms with Crippen molar-refractivity contribution in [1.82, 2.24) is 19.9 Å². The van der Waals surface area contributed by atoms with Gasteiger partial charge in [-0.1, -0.05) is 18.2 Å². The maximum atomic E-state index is 13.6. The van der Waals surface area contributed by atoms with Gasteiger partial charge in [0.05, 0.1) is 35.7 Å². The number of anilines is 2. The van der Waals surface area contributed by atoms with Gasteiger partial charge in [0.15, 0.2) is 5.82 Å². The first-order valence-corrected chi connectivity index (χ1v) is 11.0. The average molecular weight is 474 g/mol. The number of carbonyl (C=O) groups excluding carboxylic acids is 1. The van der Waals surface area contributed by atoms with Crippen LogP contribution in [-0.2, 0) is 14.3 Å². The maximum absolute atomic E-state index is 13.6. The molecule has 1 aliphatic heterocycles. The Kier molecular flexibility index (Phi) is 5.98. The van der Waals surface area contributed by atoms with E-state index in [0.29, 0.717) is 34.4 Å². The Morgan fingerprint density at radius 2 is 1.80 bits per heavy atom. The van der Waals surface area contributed by atoms with Crippen molar-refractivity contribution in [3.8, 4) is 22.6 Å². The molecular weight excluding hydrogens is 451 g/mol. The van der Waals surface area contributed by atoms with E-state index in [1.165, 1.54) is 12.1 Å². The number of para-hydroxylation sites is 1. The van der Waals surface area contributed by atoms with E-state index < -0.39 is 17.6 Å². The number of nitrogens with zero attached hydrogens (tertiary/aromatic N) is 3. The molecule has 0 saturated carbocycles. The molecule has 1 fully saturated rings. The molecule has 0 atom stereocenters. The van der Waals surface area contributed by atoms with Crippen LogP contribution < -0.4 is 11.1 Å². The Bertz CT molecular complexity index is 1340. The van der Waals surface area contributed by atoms with Crippen LogP contribution in [0.25, 0.3) is 22.6 Å². The lowest BCUT2D eigenvalue weighted by atomic mass is 9.91. The zero-order chi connectivity index (χ0) is 24.4. The molecule has 4 N–H and O–H groups in total. The molecule has 0 radical (unpaired) electrons. The van der Waals surface area contributed by atoms with Gasteiger partial charge < -0.3 is 25.5 Å². The number of hydrogen-bond acceptors (Lipinski definition) is 7. The summed E-state index contributed by atoms with van der Waals surface area (Å²) in [6.45, 7) is 1.87. The van der Waals surface area contributed by atoms with Crippen LogP contribution in [0.3, 0.4) is 0 Å². The number of ether oxygens (including phenoxy) is 2. The lowest BCUT2D eigenvalue weighted by Gasteiger charge is -2.34. The molecule has 2 aromatic heterocycles. The molecule has 9 nitrogen and oxygen atoms in total. The molecule has 2 aromatic carbocycles. The summed E-state index contributed by atoms with van der Waals surface area (Å²) in [5.74, 6) is -0.0611. The van der Waals surface area contributed by atoms with Gasteiger partial charge in [0.1, 0.15) is 5.82 Å². The van der Waals surface area contributed by atoms with Crippen LogP contribution in [0.4, 0.5) is 16.0 Å². The van der Waals surface area contributed by atoms with Gasteiger partial charge in [0.2, 0.25) is 18.1 Å². The quantitative estimate of drug-likeness (QED) is 0.386. The number of H-pyrrole nitrogens is 1. The van der Waals surface area contributed by atoms with E-state index in [9.17, 15) is 9.18 Å². The summed E-state index contributed by atoms with van der Waals surface area (Å²) in [4.78, 5) is 28.6. The summed E-state index contributed by atoms with van der Waals surface area (Å²) < 4.78 is 25.1. The van der Waals surface area contributed by atoms with Gasteiger partial charge in [-0.2, -0.15) is 0 Å². The van der Waals surface area contributed by atoms with Crippen LogP contribution >= 0.6 is 0 Å². The third kappa shape index (κ3) is 4.75. The lowest BCUT2D eigenvalue weighted by molar-refractivity contribution is -0.230. The van der Waals surface area contributed by atoms with E-state index in [-0.39, 0.29) is 19.0 Å². The van der Waals surface area contributed by atoms with Gasteiger partial charge in [-0.05, 0) is 49.4 Å². The number of rotatable bonds is 6. The third-order valence-electron chi connectivity index (χ3n) is 5.71. The number of aromatic amines is 1. The van der Waals surface area contributed by atoms with Gasteiger partial charge in [-0.25, -0.2) is 19.3 Å². The molecule has 0 unspecified atom stereocenters. The summed E-state index contributed by atoms with van der Waals surface area (Å²) in [6.07, 6.45) is 0.799. The van der Waals surface area contributed by atoms with Crippen molar-refractivity contribution in [2.75, 3.05) is 18.5 Å². The first-order valence-electron chi connectivity index (χ1n) is 11.0. The predicted octanol–water partition coefficient (Wildman–Crippen LogP) is 3.95. The summed E-state index contributed by atoms with van der Waals surface area (Å²) >= 11 is 0. The predicted molar refractivity (Wildman–Crippen MR) is 127 cm³/mol. The molecule has 5 rings (SSSR count). The normalized spacial score (nSPS) is 19.9. The number of benzene rings is 2. The van der Waals surface area contributed by atoms with Crippen molar-refractivity contribution in [3.63, 3.8) is 0 Å². The van der Waals surface area contributed by atoms with Crippen molar-refractivity contribution >= 4 is 17.5 Å². The molecule has 35 heavy (non-hydrogen) atoms. The number of imidazole rings is 1. The van der Waals surface area contributed by atoms with Crippen LogP contribution in [0, 0.1) is 11.2 Å². The average Bonchev–Trinajstić information content (AvgIpc) is 3.31. The molecular formula is C25H23FN6O3. The standard InChI is InChI=1S/C25H23FN6O3/c1-25(23(27)33)13-34-22(35-14-25)21-31-19(15-7-9-16(26)10-8-15)20(32-21)18-11-12-28-24(30-18)29-17-5-3-2-4-6-17/h2-12,22H,13-14H2,1H3,(H2,27,33)(H,31,32)(H,28,29,30). The van der Waals surface area contributed by atoms with Crippen LogP contribution in [0.5, 0.6) is 0 Å². The fourth-order valence-electron chi connectivity index (χ4n) is 3.62. The highest BCUT2D eigenvalue weighted by molar-refractivity contribution is 5.81. The number of halogens is 1. The molecule has 178 valence electrons. The Labute approximate surface area is 200 Å². The number of nitrogens with two attached hydrogens (primary N) is 1. The highest BCUT2D eigenvalue weighted by Crippen LogP contribution is 2.35. The van der Waals surface area contributed by atoms with E-state index in [0.717, 1.165) is 5.69 Å². The molecule has 3 heterocycles. The van der Waals surface area contributed by atoms with Gasteiger partial charge in [0, 0.05) is 17.4 Å². The zero-order valence-electron chi connectivity index (χ0n) is 18.9. The van der Waals surface area contributed by atoms with Gasteiger partial charge in [0.25, 0.3) is 0 Å². The maximum Gasteiger partial charge on any atom is 0.228 e. The number of amides is 1. The van der Waals surface area contributed by atoms with E-state index in [1.807, 2.05) is 30.3 Å². The molecule has 0 bridgehead atoms. The first-order chi connectivity index (χ1) is 16.9. The van der Waals surface area contributed by atoms with E-state index >= 15 is 0 Å². The summed E-state index contributed by atoms with van der Waals surface area (Å²) in [5.41, 5.74) is 7.76. The summed E-state index contributed by atoms with van der Waals surface area (Å²) in [7, 11) is 0. The van der Waals surface area contributed by atoms with Gasteiger partial charge in [-0.15, -0.1) is 0 Å². The second kappa shape index (κ2) is 9.24. The van der Waals surface area contributed by atoms with Crippen LogP contribution in [0.1, 0.15) is 19.0 Å². The highest BCUT2D eigenvalue weighted by atomic mass is 19.1. The molecule has 1 aliphatic rings. The molecule has 4 aromatic rings. The Balaban J connectivity index is 1.50. The third-order valence-corrected chi connectivity index (χ3v) is 5.71. The van der Waals surface area contributed by atoms with Crippen molar-refractivity contribution in [1.29, 1.82) is 0 Å². The number of aromatic nitrogens is 4. The van der Waals surface area contributed by atoms with Crippen molar-refractivity contribution < 1.29 is 18.7 Å². The first kappa shape index (κ1) is 22.6. The topological polar surface area (TPSA) is 128 Å². The minimum Gasteiger partial charge on any atom is -0.369 e. The lowest BCUT2D eigenvalue weighted by Crippen LogP contribution is -2.46. The highest BCUT2D eigenvalue weighted by Gasteiger charge is 2.39. The summed E-state index contributed by atoms with van der Waals surface area (Å²) in [5, 5.41) is 3.17.